The van der Waals surface area contributed by atoms with Gasteiger partial charge in [-0.25, -0.2) is 0 Å². The highest BCUT2D eigenvalue weighted by molar-refractivity contribution is 8.82. The molecule has 0 atom stereocenters. The van der Waals surface area contributed by atoms with Gasteiger partial charge in [0.15, 0.2) is 11.5 Å². The van der Waals surface area contributed by atoms with Gasteiger partial charge in [0.1, 0.15) is 0 Å². The van der Waals surface area contributed by atoms with Crippen LogP contribution in [0, 0.1) is 0 Å². The largest absolute Gasteiger partial charge is 0.461 e. The highest BCUT2D eigenvalue weighted by Gasteiger charge is 2.30. The molecular formula is C15H10O4S3. The van der Waals surface area contributed by atoms with Crippen LogP contribution in [0.5, 0.6) is 0 Å². The summed E-state index contributed by atoms with van der Waals surface area (Å²) in [7, 11) is 2.86. The zero-order valence-electron chi connectivity index (χ0n) is 11.4. The van der Waals surface area contributed by atoms with Gasteiger partial charge in [0.05, 0.1) is 22.3 Å². The Bertz CT molecular complexity index is 755. The highest BCUT2D eigenvalue weighted by atomic mass is 33.1. The van der Waals surface area contributed by atoms with Crippen LogP contribution < -0.4 is 0 Å². The van der Waals surface area contributed by atoms with E-state index in [0.29, 0.717) is 10.5 Å². The Hall–Kier alpha value is -1.57. The Labute approximate surface area is 138 Å². The SMILES string of the molecule is CSC1=C(C(=O)c2ccco2)/C(=C/C(=O)c2ccco2)SS1. The maximum atomic E-state index is 12.6. The smallest absolute Gasteiger partial charge is 0.231 e. The van der Waals surface area contributed by atoms with Crippen molar-refractivity contribution in [2.75, 3.05) is 6.26 Å². The molecule has 0 spiro atoms. The molecule has 0 N–H and O–H groups in total. The Morgan fingerprint density at radius 2 is 1.77 bits per heavy atom. The third-order valence-corrected chi connectivity index (χ3v) is 6.71. The molecule has 1 aliphatic rings. The van der Waals surface area contributed by atoms with E-state index in [2.05, 4.69) is 0 Å². The molecule has 0 radical (unpaired) electrons. The summed E-state index contributed by atoms with van der Waals surface area (Å²) in [4.78, 5) is 25.4. The summed E-state index contributed by atoms with van der Waals surface area (Å²) in [6.07, 6.45) is 6.24. The number of hydrogen-bond donors (Lipinski definition) is 0. The zero-order chi connectivity index (χ0) is 15.5. The lowest BCUT2D eigenvalue weighted by Gasteiger charge is -2.02. The van der Waals surface area contributed by atoms with Gasteiger partial charge in [0.2, 0.25) is 11.6 Å². The van der Waals surface area contributed by atoms with Crippen LogP contribution >= 0.6 is 33.3 Å². The summed E-state index contributed by atoms with van der Waals surface area (Å²) in [5, 5.41) is 0. The van der Waals surface area contributed by atoms with Gasteiger partial charge in [-0.1, -0.05) is 10.8 Å². The van der Waals surface area contributed by atoms with E-state index in [4.69, 9.17) is 8.83 Å². The van der Waals surface area contributed by atoms with Gasteiger partial charge in [0, 0.05) is 11.0 Å². The molecule has 22 heavy (non-hydrogen) atoms. The topological polar surface area (TPSA) is 60.4 Å². The Kier molecular flexibility index (Phi) is 4.66. The molecule has 7 heteroatoms. The maximum Gasteiger partial charge on any atom is 0.231 e. The van der Waals surface area contributed by atoms with Gasteiger partial charge in [-0.05, 0) is 41.3 Å². The predicted molar refractivity (Wildman–Crippen MR) is 89.9 cm³/mol. The first-order chi connectivity index (χ1) is 10.7. The monoisotopic (exact) mass is 350 g/mol. The third kappa shape index (κ3) is 2.97. The lowest BCUT2D eigenvalue weighted by molar-refractivity contribution is 0.101. The minimum atomic E-state index is -0.264. The number of rotatable bonds is 5. The fourth-order valence-corrected chi connectivity index (χ4v) is 5.60. The first-order valence-electron chi connectivity index (χ1n) is 6.21. The molecule has 0 saturated carbocycles. The quantitative estimate of drug-likeness (QED) is 0.436. The fraction of sp³-hybridized carbons (Fsp3) is 0.0667. The normalized spacial score (nSPS) is 16.5. The first-order valence-corrected chi connectivity index (χ1v) is 9.59. The summed E-state index contributed by atoms with van der Waals surface area (Å²) in [6, 6.07) is 6.53. The van der Waals surface area contributed by atoms with Crippen molar-refractivity contribution in [2.45, 2.75) is 0 Å². The molecule has 0 saturated heterocycles. The zero-order valence-corrected chi connectivity index (χ0v) is 13.8. The van der Waals surface area contributed by atoms with Gasteiger partial charge < -0.3 is 8.83 Å². The van der Waals surface area contributed by atoms with Crippen molar-refractivity contribution in [3.05, 3.63) is 69.1 Å². The number of allylic oxidation sites excluding steroid dienone is 2. The van der Waals surface area contributed by atoms with E-state index in [1.807, 2.05) is 6.26 Å². The molecule has 0 aromatic carbocycles. The minimum absolute atomic E-state index is 0.217. The van der Waals surface area contributed by atoms with Crippen LogP contribution in [-0.4, -0.2) is 17.8 Å². The molecule has 0 unspecified atom stereocenters. The molecule has 4 nitrogen and oxygen atoms in total. The van der Waals surface area contributed by atoms with Gasteiger partial charge in [-0.2, -0.15) is 0 Å². The second-order valence-electron chi connectivity index (χ2n) is 4.19. The summed E-state index contributed by atoms with van der Waals surface area (Å²) in [6.45, 7) is 0. The first kappa shape index (κ1) is 15.3. The summed E-state index contributed by atoms with van der Waals surface area (Å²) >= 11 is 1.48. The average molecular weight is 350 g/mol. The van der Waals surface area contributed by atoms with E-state index in [0.717, 1.165) is 4.24 Å². The molecule has 3 rings (SSSR count). The van der Waals surface area contributed by atoms with E-state index in [9.17, 15) is 9.59 Å². The fourth-order valence-electron chi connectivity index (χ4n) is 1.84. The standard InChI is InChI=1S/C15H10O4S3/c1-20-15-13(14(17)11-5-3-7-19-11)12(21-22-15)8-9(16)10-4-2-6-18-10/h2-8H,1H3/b12-8-. The van der Waals surface area contributed by atoms with Crippen molar-refractivity contribution in [3.8, 4) is 0 Å². The van der Waals surface area contributed by atoms with E-state index in [1.54, 1.807) is 24.3 Å². The second-order valence-corrected chi connectivity index (χ2v) is 7.45. The number of carbonyl (C=O) groups excluding carboxylic acids is 2. The lowest BCUT2D eigenvalue weighted by atomic mass is 10.1. The molecular weight excluding hydrogens is 340 g/mol. The molecule has 112 valence electrons. The van der Waals surface area contributed by atoms with Crippen LogP contribution in [0.4, 0.5) is 0 Å². The number of thioether (sulfide) groups is 1. The Balaban J connectivity index is 1.96. The van der Waals surface area contributed by atoms with Crippen LogP contribution in [0.1, 0.15) is 21.1 Å². The number of carbonyl (C=O) groups is 2. The van der Waals surface area contributed by atoms with Gasteiger partial charge in [-0.15, -0.1) is 11.8 Å². The summed E-state index contributed by atoms with van der Waals surface area (Å²) in [5.41, 5.74) is 0.511. The number of furan rings is 2. The molecule has 0 aliphatic carbocycles. The van der Waals surface area contributed by atoms with Gasteiger partial charge in [0.25, 0.3) is 0 Å². The average Bonchev–Trinajstić information content (AvgIpc) is 3.26. The summed E-state index contributed by atoms with van der Waals surface area (Å²) in [5.74, 6) is 0.0343. The van der Waals surface area contributed by atoms with Crippen LogP contribution in [0.25, 0.3) is 0 Å². The van der Waals surface area contributed by atoms with E-state index in [1.165, 1.54) is 52.0 Å². The van der Waals surface area contributed by atoms with E-state index in [-0.39, 0.29) is 23.1 Å². The van der Waals surface area contributed by atoms with Crippen LogP contribution in [-0.2, 0) is 0 Å². The molecule has 3 heterocycles. The molecule has 2 aromatic heterocycles. The number of ketones is 2. The van der Waals surface area contributed by atoms with Crippen LogP contribution in [0.3, 0.4) is 0 Å². The lowest BCUT2D eigenvalue weighted by Crippen LogP contribution is -2.04. The highest BCUT2D eigenvalue weighted by Crippen LogP contribution is 2.54. The maximum absolute atomic E-state index is 12.6. The minimum Gasteiger partial charge on any atom is -0.461 e. The van der Waals surface area contributed by atoms with E-state index >= 15 is 0 Å². The van der Waals surface area contributed by atoms with Crippen LogP contribution in [0.2, 0.25) is 0 Å². The summed E-state index contributed by atoms with van der Waals surface area (Å²) < 4.78 is 11.1. The number of hydrogen-bond acceptors (Lipinski definition) is 7. The molecule has 0 fully saturated rings. The number of Topliss-reactive ketones (excluding diaryl/α,β-unsaturated/α-hetero) is 1. The molecule has 0 bridgehead atoms. The van der Waals surface area contributed by atoms with Crippen molar-refractivity contribution in [1.29, 1.82) is 0 Å². The van der Waals surface area contributed by atoms with Crippen molar-refractivity contribution in [2.24, 2.45) is 0 Å². The van der Waals surface area contributed by atoms with Crippen molar-refractivity contribution in [3.63, 3.8) is 0 Å². The van der Waals surface area contributed by atoms with Gasteiger partial charge >= 0.3 is 0 Å². The Morgan fingerprint density at radius 3 is 2.36 bits per heavy atom. The van der Waals surface area contributed by atoms with Crippen molar-refractivity contribution < 1.29 is 18.4 Å². The van der Waals surface area contributed by atoms with Crippen molar-refractivity contribution >= 4 is 44.9 Å². The Morgan fingerprint density at radius 1 is 1.09 bits per heavy atom. The van der Waals surface area contributed by atoms with Crippen molar-refractivity contribution in [1.82, 2.24) is 0 Å². The van der Waals surface area contributed by atoms with Crippen LogP contribution in [0.15, 0.2) is 66.4 Å². The molecule has 0 amide bonds. The third-order valence-electron chi connectivity index (χ3n) is 2.84. The second kappa shape index (κ2) is 6.68. The predicted octanol–water partition coefficient (Wildman–Crippen LogP) is 4.79. The van der Waals surface area contributed by atoms with Gasteiger partial charge in [-0.3, -0.25) is 9.59 Å². The van der Waals surface area contributed by atoms with E-state index < -0.39 is 0 Å². The molecule has 1 aliphatic heterocycles. The molecule has 2 aromatic rings.